The first-order valence-corrected chi connectivity index (χ1v) is 12.4. The standard InChI is InChI=1S/C22H22NO2PS/c1-16-6-10-22(11-7-16)27(24,25)23-14-21-13-19(23)15-26(21)20-9-8-17-4-2-3-5-18(17)12-20/h2-12,19,21H,13-15H2,1H3/t19-,21-,26-/m0/s1. The maximum atomic E-state index is 13.1. The Morgan fingerprint density at radius 3 is 2.41 bits per heavy atom. The molecule has 0 amide bonds. The summed E-state index contributed by atoms with van der Waals surface area (Å²) in [5.74, 6) is 0. The van der Waals surface area contributed by atoms with Crippen LogP contribution in [0.1, 0.15) is 12.0 Å². The number of rotatable bonds is 3. The van der Waals surface area contributed by atoms with Gasteiger partial charge >= 0.3 is 0 Å². The van der Waals surface area contributed by atoms with Gasteiger partial charge in [0.25, 0.3) is 0 Å². The van der Waals surface area contributed by atoms with Crippen molar-refractivity contribution in [3.8, 4) is 0 Å². The summed E-state index contributed by atoms with van der Waals surface area (Å²) in [5, 5.41) is 3.97. The highest BCUT2D eigenvalue weighted by atomic mass is 32.2. The second kappa shape index (κ2) is 6.41. The second-order valence-electron chi connectivity index (χ2n) is 7.61. The molecule has 0 N–H and O–H groups in total. The van der Waals surface area contributed by atoms with Gasteiger partial charge in [0, 0.05) is 12.6 Å². The van der Waals surface area contributed by atoms with Crippen LogP contribution in [0.2, 0.25) is 0 Å². The van der Waals surface area contributed by atoms with E-state index >= 15 is 0 Å². The quantitative estimate of drug-likeness (QED) is 0.626. The molecule has 3 aromatic carbocycles. The summed E-state index contributed by atoms with van der Waals surface area (Å²) in [6.07, 6.45) is 1.99. The van der Waals surface area contributed by atoms with Crippen molar-refractivity contribution in [3.63, 3.8) is 0 Å². The number of benzene rings is 3. The SMILES string of the molecule is Cc1ccc(S(=O)(=O)N2C[C@@H]3C[C@H]2C[P@@]3c2ccc3ccccc3c2)cc1. The van der Waals surface area contributed by atoms with E-state index in [2.05, 4.69) is 42.5 Å². The highest BCUT2D eigenvalue weighted by Gasteiger charge is 2.49. The van der Waals surface area contributed by atoms with Crippen molar-refractivity contribution >= 4 is 34.0 Å². The Labute approximate surface area is 161 Å². The van der Waals surface area contributed by atoms with Gasteiger partial charge in [-0.15, -0.1) is 0 Å². The van der Waals surface area contributed by atoms with E-state index in [0.717, 1.165) is 18.1 Å². The van der Waals surface area contributed by atoms with Gasteiger partial charge in [-0.05, 0) is 59.4 Å². The molecule has 27 heavy (non-hydrogen) atoms. The third-order valence-electron chi connectivity index (χ3n) is 5.88. The van der Waals surface area contributed by atoms with Crippen molar-refractivity contribution in [1.29, 1.82) is 0 Å². The number of hydrogen-bond donors (Lipinski definition) is 0. The molecule has 3 atom stereocenters. The lowest BCUT2D eigenvalue weighted by atomic mass is 10.1. The number of nitrogens with zero attached hydrogens (tertiary/aromatic N) is 1. The largest absolute Gasteiger partial charge is 0.243 e. The van der Waals surface area contributed by atoms with Crippen molar-refractivity contribution < 1.29 is 8.42 Å². The minimum atomic E-state index is -3.38. The predicted molar refractivity (Wildman–Crippen MR) is 113 cm³/mol. The van der Waals surface area contributed by atoms with E-state index in [4.69, 9.17) is 0 Å². The molecule has 0 spiro atoms. The molecule has 0 unspecified atom stereocenters. The highest BCUT2D eigenvalue weighted by molar-refractivity contribution is 7.89. The van der Waals surface area contributed by atoms with Gasteiger partial charge in [0.05, 0.1) is 4.90 Å². The van der Waals surface area contributed by atoms with Gasteiger partial charge in [-0.1, -0.05) is 62.0 Å². The smallest absolute Gasteiger partial charge is 0.207 e. The van der Waals surface area contributed by atoms with E-state index in [1.54, 1.807) is 16.4 Å². The normalized spacial score (nSPS) is 25.3. The fourth-order valence-electron chi connectivity index (χ4n) is 4.44. The first-order valence-electron chi connectivity index (χ1n) is 9.36. The van der Waals surface area contributed by atoms with Gasteiger partial charge in [-0.3, -0.25) is 0 Å². The van der Waals surface area contributed by atoms with Crippen LogP contribution < -0.4 is 5.30 Å². The molecule has 5 rings (SSSR count). The second-order valence-corrected chi connectivity index (χ2v) is 12.1. The third-order valence-corrected chi connectivity index (χ3v) is 10.8. The Kier molecular flexibility index (Phi) is 4.12. The first kappa shape index (κ1) is 17.4. The summed E-state index contributed by atoms with van der Waals surface area (Å²) in [4.78, 5) is 0.427. The molecule has 2 bridgehead atoms. The van der Waals surface area contributed by atoms with E-state index in [9.17, 15) is 8.42 Å². The Bertz CT molecular complexity index is 1110. The highest BCUT2D eigenvalue weighted by Crippen LogP contribution is 2.55. The van der Waals surface area contributed by atoms with Gasteiger partial charge < -0.3 is 0 Å². The van der Waals surface area contributed by atoms with Crippen LogP contribution in [-0.2, 0) is 10.0 Å². The van der Waals surface area contributed by atoms with Crippen LogP contribution in [0.25, 0.3) is 10.8 Å². The van der Waals surface area contributed by atoms with Crippen LogP contribution in [0.5, 0.6) is 0 Å². The summed E-state index contributed by atoms with van der Waals surface area (Å²) >= 11 is 0. The molecule has 2 aliphatic rings. The summed E-state index contributed by atoms with van der Waals surface area (Å²) in [6, 6.07) is 22.6. The van der Waals surface area contributed by atoms with Crippen LogP contribution >= 0.6 is 7.92 Å². The predicted octanol–water partition coefficient (Wildman–Crippen LogP) is 4.10. The van der Waals surface area contributed by atoms with Crippen molar-refractivity contribution in [1.82, 2.24) is 4.31 Å². The Hall–Kier alpha value is -1.74. The van der Waals surface area contributed by atoms with Crippen molar-refractivity contribution in [2.75, 3.05) is 12.7 Å². The van der Waals surface area contributed by atoms with Crippen LogP contribution in [0.3, 0.4) is 0 Å². The maximum Gasteiger partial charge on any atom is 0.243 e. The molecule has 2 heterocycles. The Morgan fingerprint density at radius 2 is 1.70 bits per heavy atom. The van der Waals surface area contributed by atoms with Gasteiger partial charge in [0.15, 0.2) is 0 Å². The average molecular weight is 395 g/mol. The fourth-order valence-corrected chi connectivity index (χ4v) is 9.52. The zero-order chi connectivity index (χ0) is 18.6. The van der Waals surface area contributed by atoms with Gasteiger partial charge in [0.1, 0.15) is 0 Å². The molecule has 0 aromatic heterocycles. The van der Waals surface area contributed by atoms with E-state index in [-0.39, 0.29) is 14.0 Å². The van der Waals surface area contributed by atoms with E-state index in [1.165, 1.54) is 16.1 Å². The van der Waals surface area contributed by atoms with Gasteiger partial charge in [0.2, 0.25) is 10.0 Å². The minimum Gasteiger partial charge on any atom is -0.207 e. The molecule has 2 aliphatic heterocycles. The molecule has 3 aromatic rings. The first-order chi connectivity index (χ1) is 13.0. The zero-order valence-electron chi connectivity index (χ0n) is 15.2. The van der Waals surface area contributed by atoms with Gasteiger partial charge in [-0.25, -0.2) is 8.42 Å². The minimum absolute atomic E-state index is 0.152. The van der Waals surface area contributed by atoms with Crippen molar-refractivity contribution in [2.45, 2.75) is 29.9 Å². The molecule has 0 saturated carbocycles. The maximum absolute atomic E-state index is 13.1. The number of hydrogen-bond acceptors (Lipinski definition) is 2. The summed E-state index contributed by atoms with van der Waals surface area (Å²) in [6.45, 7) is 2.64. The van der Waals surface area contributed by atoms with E-state index in [1.807, 2.05) is 19.1 Å². The fraction of sp³-hybridized carbons (Fsp3) is 0.273. The molecule has 5 heteroatoms. The molecule has 2 saturated heterocycles. The third kappa shape index (κ3) is 2.91. The molecule has 3 nitrogen and oxygen atoms in total. The Balaban J connectivity index is 1.40. The number of fused-ring (bicyclic) bond motifs is 3. The Morgan fingerprint density at radius 1 is 0.963 bits per heavy atom. The van der Waals surface area contributed by atoms with Gasteiger partial charge in [-0.2, -0.15) is 4.31 Å². The summed E-state index contributed by atoms with van der Waals surface area (Å²) in [7, 11) is -3.66. The monoisotopic (exact) mass is 395 g/mol. The lowest BCUT2D eigenvalue weighted by Gasteiger charge is -2.31. The molecular formula is C22H22NO2PS. The average Bonchev–Trinajstić information content (AvgIpc) is 3.29. The molecular weight excluding hydrogens is 373 g/mol. The van der Waals surface area contributed by atoms with Crippen molar-refractivity contribution in [2.24, 2.45) is 0 Å². The van der Waals surface area contributed by atoms with E-state index in [0.29, 0.717) is 17.1 Å². The van der Waals surface area contributed by atoms with Crippen LogP contribution in [0.15, 0.2) is 71.6 Å². The van der Waals surface area contributed by atoms with Crippen LogP contribution in [0.4, 0.5) is 0 Å². The summed E-state index contributed by atoms with van der Waals surface area (Å²) in [5.41, 5.74) is 1.56. The molecule has 138 valence electrons. The van der Waals surface area contributed by atoms with Crippen LogP contribution in [0, 0.1) is 6.92 Å². The molecule has 0 radical (unpaired) electrons. The van der Waals surface area contributed by atoms with E-state index < -0.39 is 10.0 Å². The molecule has 0 aliphatic carbocycles. The number of aryl methyl sites for hydroxylation is 1. The summed E-state index contributed by atoms with van der Waals surface area (Å²) < 4.78 is 27.9. The zero-order valence-corrected chi connectivity index (χ0v) is 17.0. The van der Waals surface area contributed by atoms with Crippen molar-refractivity contribution in [3.05, 3.63) is 72.3 Å². The van der Waals surface area contributed by atoms with Crippen LogP contribution in [-0.4, -0.2) is 37.1 Å². The lowest BCUT2D eigenvalue weighted by molar-refractivity contribution is 0.408. The topological polar surface area (TPSA) is 37.4 Å². The number of sulfonamides is 1. The lowest BCUT2D eigenvalue weighted by Crippen LogP contribution is -2.40. The molecule has 2 fully saturated rings.